The molecule has 2 heteroatoms. The Labute approximate surface area is 110 Å². The molecule has 0 aromatic carbocycles. The third-order valence-corrected chi connectivity index (χ3v) is 5.67. The average molecular weight is 250 g/mol. The van der Waals surface area contributed by atoms with Gasteiger partial charge in [0.05, 0.1) is 5.54 Å². The summed E-state index contributed by atoms with van der Waals surface area (Å²) in [6.45, 7) is 2.25. The highest BCUT2D eigenvalue weighted by Gasteiger charge is 2.50. The van der Waals surface area contributed by atoms with E-state index in [0.29, 0.717) is 5.54 Å². The summed E-state index contributed by atoms with van der Waals surface area (Å²) in [6, 6.07) is 0. The van der Waals surface area contributed by atoms with Gasteiger partial charge in [0, 0.05) is 0 Å². The second kappa shape index (κ2) is 4.95. The summed E-state index contributed by atoms with van der Waals surface area (Å²) in [7, 11) is 0. The summed E-state index contributed by atoms with van der Waals surface area (Å²) in [5, 5.41) is 0. The Hall–Kier alpha value is 0.0200. The molecule has 0 unspecified atom stereocenters. The molecule has 4 rings (SSSR count). The van der Waals surface area contributed by atoms with E-state index >= 15 is 0 Å². The first-order valence-electron chi connectivity index (χ1n) is 7.38. The topological polar surface area (TPSA) is 12.4 Å². The highest BCUT2D eigenvalue weighted by Crippen LogP contribution is 2.57. The molecular formula is C15H24NS. The first-order chi connectivity index (χ1) is 8.30. The van der Waals surface area contributed by atoms with E-state index < -0.39 is 0 Å². The van der Waals surface area contributed by atoms with Crippen molar-refractivity contribution in [2.24, 2.45) is 22.7 Å². The number of hydrogen-bond acceptors (Lipinski definition) is 2. The molecule has 0 heterocycles. The molecule has 95 valence electrons. The van der Waals surface area contributed by atoms with Gasteiger partial charge < -0.3 is 0 Å². The normalized spacial score (nSPS) is 43.7. The van der Waals surface area contributed by atoms with E-state index in [4.69, 9.17) is 4.99 Å². The van der Waals surface area contributed by atoms with Crippen LogP contribution in [0, 0.1) is 17.8 Å². The summed E-state index contributed by atoms with van der Waals surface area (Å²) in [5.41, 5.74) is 3.66. The van der Waals surface area contributed by atoms with Gasteiger partial charge in [0.1, 0.15) is 5.55 Å². The van der Waals surface area contributed by atoms with Crippen LogP contribution in [0.1, 0.15) is 58.3 Å². The number of unbranched alkanes of at least 4 members (excludes halogenated alkanes) is 1. The molecule has 4 fully saturated rings. The van der Waals surface area contributed by atoms with Crippen LogP contribution < -0.4 is 0 Å². The lowest BCUT2D eigenvalue weighted by Gasteiger charge is -2.54. The van der Waals surface area contributed by atoms with Crippen LogP contribution in [0.3, 0.4) is 0 Å². The van der Waals surface area contributed by atoms with E-state index in [1.54, 1.807) is 0 Å². The van der Waals surface area contributed by atoms with Crippen molar-refractivity contribution < 1.29 is 0 Å². The van der Waals surface area contributed by atoms with Gasteiger partial charge >= 0.3 is 0 Å². The molecule has 0 saturated heterocycles. The molecular weight excluding hydrogens is 226 g/mol. The van der Waals surface area contributed by atoms with Crippen molar-refractivity contribution in [1.29, 1.82) is 0 Å². The van der Waals surface area contributed by atoms with E-state index in [-0.39, 0.29) is 0 Å². The molecule has 4 aliphatic carbocycles. The van der Waals surface area contributed by atoms with Crippen molar-refractivity contribution in [1.82, 2.24) is 0 Å². The zero-order chi connectivity index (χ0) is 11.7. The molecule has 0 aromatic rings. The van der Waals surface area contributed by atoms with Gasteiger partial charge in [-0.15, -0.1) is 11.8 Å². The highest BCUT2D eigenvalue weighted by atomic mass is 32.2. The summed E-state index contributed by atoms with van der Waals surface area (Å²) in [5.74, 6) is 4.22. The fourth-order valence-electron chi connectivity index (χ4n) is 4.59. The van der Waals surface area contributed by atoms with Crippen molar-refractivity contribution in [3.8, 4) is 0 Å². The molecule has 4 aliphatic rings. The van der Waals surface area contributed by atoms with Gasteiger partial charge in [-0.05, 0) is 68.5 Å². The minimum atomic E-state index is 0.341. The zero-order valence-corrected chi connectivity index (χ0v) is 11.8. The van der Waals surface area contributed by atoms with Crippen molar-refractivity contribution in [2.75, 3.05) is 5.75 Å². The second-order valence-electron chi connectivity index (χ2n) is 6.55. The van der Waals surface area contributed by atoms with Crippen LogP contribution >= 0.6 is 11.8 Å². The van der Waals surface area contributed by atoms with Crippen molar-refractivity contribution in [2.45, 2.75) is 63.8 Å². The summed E-state index contributed by atoms with van der Waals surface area (Å²) in [4.78, 5) is 4.90. The molecule has 0 spiro atoms. The van der Waals surface area contributed by atoms with Gasteiger partial charge in [-0.2, -0.15) is 0 Å². The summed E-state index contributed by atoms with van der Waals surface area (Å²) in [6.07, 6.45) is 11.2. The van der Waals surface area contributed by atoms with Crippen LogP contribution in [0.5, 0.6) is 0 Å². The Morgan fingerprint density at radius 2 is 1.71 bits per heavy atom. The Morgan fingerprint density at radius 1 is 1.12 bits per heavy atom. The third-order valence-electron chi connectivity index (χ3n) is 4.95. The van der Waals surface area contributed by atoms with Crippen molar-refractivity contribution >= 4 is 17.3 Å². The zero-order valence-electron chi connectivity index (χ0n) is 11.0. The van der Waals surface area contributed by atoms with Gasteiger partial charge in [-0.3, -0.25) is 4.99 Å². The van der Waals surface area contributed by atoms with Crippen LogP contribution in [0.25, 0.3) is 0 Å². The minimum absolute atomic E-state index is 0.341. The van der Waals surface area contributed by atoms with Gasteiger partial charge in [-0.1, -0.05) is 13.3 Å². The van der Waals surface area contributed by atoms with Gasteiger partial charge in [0.2, 0.25) is 0 Å². The highest BCUT2D eigenvalue weighted by molar-refractivity contribution is 8.12. The molecule has 1 radical (unpaired) electrons. The average Bonchev–Trinajstić information content (AvgIpc) is 2.26. The second-order valence-corrected chi connectivity index (χ2v) is 7.43. The van der Waals surface area contributed by atoms with Gasteiger partial charge in [0.25, 0.3) is 0 Å². The molecule has 4 saturated carbocycles. The van der Waals surface area contributed by atoms with Crippen LogP contribution in [0.15, 0.2) is 4.99 Å². The fourth-order valence-corrected chi connectivity index (χ4v) is 5.38. The standard InChI is InChI=1S/C15H24NS/c1-2-3-4-17-11-16-15-8-12-5-13(9-15)7-14(6-12)10-15/h12-14H,2-10H2,1H3. The van der Waals surface area contributed by atoms with Gasteiger partial charge in [-0.25, -0.2) is 0 Å². The van der Waals surface area contributed by atoms with E-state index in [2.05, 4.69) is 12.5 Å². The molecule has 17 heavy (non-hydrogen) atoms. The molecule has 0 atom stereocenters. The van der Waals surface area contributed by atoms with Crippen LogP contribution in [0.2, 0.25) is 0 Å². The number of rotatable bonds is 5. The minimum Gasteiger partial charge on any atom is -0.269 e. The largest absolute Gasteiger partial charge is 0.269 e. The van der Waals surface area contributed by atoms with Gasteiger partial charge in [0.15, 0.2) is 0 Å². The molecule has 0 aliphatic heterocycles. The quantitative estimate of drug-likeness (QED) is 0.400. The van der Waals surface area contributed by atoms with Crippen molar-refractivity contribution in [3.63, 3.8) is 0 Å². The van der Waals surface area contributed by atoms with Crippen LogP contribution in [-0.4, -0.2) is 16.8 Å². The Bertz CT molecular complexity index is 262. The lowest BCUT2D eigenvalue weighted by Crippen LogP contribution is -2.49. The molecule has 0 aromatic heterocycles. The van der Waals surface area contributed by atoms with Crippen LogP contribution in [-0.2, 0) is 0 Å². The fraction of sp³-hybridized carbons (Fsp3) is 0.933. The number of aliphatic imine (C=N–C) groups is 1. The monoisotopic (exact) mass is 250 g/mol. The summed E-state index contributed by atoms with van der Waals surface area (Å²) >= 11 is 1.81. The Kier molecular flexibility index (Phi) is 3.52. The number of nitrogens with zero attached hydrogens (tertiary/aromatic N) is 1. The third kappa shape index (κ3) is 2.57. The summed E-state index contributed by atoms with van der Waals surface area (Å²) < 4.78 is 0. The van der Waals surface area contributed by atoms with E-state index in [1.807, 2.05) is 11.8 Å². The molecule has 4 bridgehead atoms. The Morgan fingerprint density at radius 3 is 2.24 bits per heavy atom. The van der Waals surface area contributed by atoms with Crippen LogP contribution in [0.4, 0.5) is 0 Å². The molecule has 0 amide bonds. The maximum absolute atomic E-state index is 4.90. The SMILES string of the molecule is CCCCS[C]=NC12CC3CC(CC(C3)C1)C2. The lowest BCUT2D eigenvalue weighted by molar-refractivity contribution is 0.00205. The number of hydrogen-bond donors (Lipinski definition) is 0. The molecule has 0 N–H and O–H groups in total. The van der Waals surface area contributed by atoms with E-state index in [0.717, 1.165) is 17.8 Å². The smallest absolute Gasteiger partial charge is 0.123 e. The number of thioether (sulfide) groups is 1. The predicted molar refractivity (Wildman–Crippen MR) is 75.7 cm³/mol. The van der Waals surface area contributed by atoms with E-state index in [1.165, 1.54) is 57.1 Å². The predicted octanol–water partition coefficient (Wildman–Crippen LogP) is 4.39. The lowest BCUT2D eigenvalue weighted by atomic mass is 9.53. The van der Waals surface area contributed by atoms with E-state index in [9.17, 15) is 0 Å². The maximum Gasteiger partial charge on any atom is 0.123 e. The Balaban J connectivity index is 1.58. The molecule has 1 nitrogen and oxygen atoms in total. The maximum atomic E-state index is 4.90. The first kappa shape index (κ1) is 12.1. The van der Waals surface area contributed by atoms with Crippen molar-refractivity contribution in [3.05, 3.63) is 0 Å². The first-order valence-corrected chi connectivity index (χ1v) is 8.37.